The monoisotopic (exact) mass is 679 g/mol. The van der Waals surface area contributed by atoms with Crippen LogP contribution in [0.15, 0.2) is 48.8 Å². The number of carbonyl (C=O) groups excluding carboxylic acids is 1. The molecular weight excluding hydrogens is 648 g/mol. The van der Waals surface area contributed by atoms with Gasteiger partial charge < -0.3 is 14.6 Å². The van der Waals surface area contributed by atoms with Crippen LogP contribution >= 0.6 is 0 Å². The van der Waals surface area contributed by atoms with Crippen molar-refractivity contribution in [3.63, 3.8) is 0 Å². The maximum Gasteiger partial charge on any atom is 0.416 e. The van der Waals surface area contributed by atoms with Crippen molar-refractivity contribution in [2.75, 3.05) is 18.1 Å². The number of carboxylic acid groups (broad SMARTS) is 1. The Hall–Kier alpha value is -4.91. The van der Waals surface area contributed by atoms with Gasteiger partial charge in [-0.05, 0) is 73.7 Å². The summed E-state index contributed by atoms with van der Waals surface area (Å²) >= 11 is 0. The van der Waals surface area contributed by atoms with Crippen LogP contribution in [0.3, 0.4) is 0 Å². The number of halogens is 6. The Labute approximate surface area is 271 Å². The summed E-state index contributed by atoms with van der Waals surface area (Å²) in [6.45, 7) is 3.39. The SMILES string of the molecule is CCOC(=O)N1c2ccc(C(F)(F)F)cc2[C@@H](NC(c2cc(C#N)cc(C(F)(F)F)c2)c2ncc(OCCCC(=O)O)cn2)C[C@H]1CC. The lowest BCUT2D eigenvalue weighted by Gasteiger charge is -2.41. The van der Waals surface area contributed by atoms with E-state index < -0.39 is 53.7 Å². The molecule has 0 radical (unpaired) electrons. The fraction of sp³-hybridized carbons (Fsp3) is 0.406. The molecule has 1 unspecified atom stereocenters. The quantitative estimate of drug-likeness (QED) is 0.159. The van der Waals surface area contributed by atoms with Gasteiger partial charge in [-0.1, -0.05) is 6.92 Å². The number of carboxylic acids is 1. The number of ether oxygens (including phenoxy) is 2. The van der Waals surface area contributed by atoms with Crippen molar-refractivity contribution in [2.24, 2.45) is 0 Å². The number of rotatable bonds is 11. The normalized spacial score (nSPS) is 16.9. The highest BCUT2D eigenvalue weighted by atomic mass is 19.4. The Morgan fingerprint density at radius 3 is 2.33 bits per heavy atom. The molecule has 1 aliphatic rings. The topological polar surface area (TPSA) is 138 Å². The number of aliphatic carboxylic acids is 1. The number of hydrogen-bond acceptors (Lipinski definition) is 8. The van der Waals surface area contributed by atoms with Crippen LogP contribution < -0.4 is 15.0 Å². The molecule has 0 spiro atoms. The van der Waals surface area contributed by atoms with E-state index in [4.69, 9.17) is 14.6 Å². The van der Waals surface area contributed by atoms with E-state index in [-0.39, 0.29) is 66.4 Å². The molecular formula is C32H31F6N5O5. The second-order valence-electron chi connectivity index (χ2n) is 10.9. The molecule has 3 atom stereocenters. The summed E-state index contributed by atoms with van der Waals surface area (Å²) in [5.74, 6) is -0.969. The first kappa shape index (κ1) is 35.9. The molecule has 1 aromatic heterocycles. The van der Waals surface area contributed by atoms with Gasteiger partial charge in [0.15, 0.2) is 5.75 Å². The third-order valence-electron chi connectivity index (χ3n) is 7.62. The summed E-state index contributed by atoms with van der Waals surface area (Å²) in [5, 5.41) is 21.5. The number of anilines is 1. The van der Waals surface area contributed by atoms with Gasteiger partial charge in [-0.25, -0.2) is 14.8 Å². The van der Waals surface area contributed by atoms with E-state index in [0.717, 1.165) is 24.3 Å². The summed E-state index contributed by atoms with van der Waals surface area (Å²) < 4.78 is 94.1. The number of hydrogen-bond donors (Lipinski definition) is 2. The van der Waals surface area contributed by atoms with Crippen LogP contribution in [0.2, 0.25) is 0 Å². The van der Waals surface area contributed by atoms with Crippen molar-refractivity contribution in [1.82, 2.24) is 15.3 Å². The Morgan fingerprint density at radius 2 is 1.75 bits per heavy atom. The minimum atomic E-state index is -4.84. The number of alkyl halides is 6. The molecule has 3 aromatic rings. The van der Waals surface area contributed by atoms with Crippen molar-refractivity contribution in [2.45, 2.75) is 70.0 Å². The predicted molar refractivity (Wildman–Crippen MR) is 158 cm³/mol. The van der Waals surface area contributed by atoms with Gasteiger partial charge in [0.2, 0.25) is 0 Å². The van der Waals surface area contributed by atoms with E-state index in [9.17, 15) is 41.2 Å². The lowest BCUT2D eigenvalue weighted by atomic mass is 9.87. The molecule has 2 N–H and O–H groups in total. The molecule has 0 saturated carbocycles. The summed E-state index contributed by atoms with van der Waals surface area (Å²) in [7, 11) is 0. The fourth-order valence-corrected chi connectivity index (χ4v) is 5.41. The lowest BCUT2D eigenvalue weighted by Crippen LogP contribution is -2.47. The molecule has 1 aliphatic heterocycles. The molecule has 0 saturated heterocycles. The van der Waals surface area contributed by atoms with Crippen LogP contribution in [0.1, 0.15) is 85.3 Å². The van der Waals surface area contributed by atoms with Crippen molar-refractivity contribution < 1.29 is 50.5 Å². The van der Waals surface area contributed by atoms with Gasteiger partial charge >= 0.3 is 24.4 Å². The molecule has 0 bridgehead atoms. The summed E-state index contributed by atoms with van der Waals surface area (Å²) in [4.78, 5) is 33.6. The highest BCUT2D eigenvalue weighted by molar-refractivity contribution is 5.90. The Balaban J connectivity index is 1.83. The molecule has 4 rings (SSSR count). The average Bonchev–Trinajstić information content (AvgIpc) is 3.04. The van der Waals surface area contributed by atoms with E-state index in [1.165, 1.54) is 23.4 Å². The van der Waals surface area contributed by atoms with Crippen LogP contribution in [-0.4, -0.2) is 46.4 Å². The van der Waals surface area contributed by atoms with Crippen LogP contribution in [0.5, 0.6) is 5.75 Å². The number of benzene rings is 2. The first-order chi connectivity index (χ1) is 22.7. The van der Waals surface area contributed by atoms with Gasteiger partial charge in [-0.3, -0.25) is 15.0 Å². The average molecular weight is 680 g/mol. The largest absolute Gasteiger partial charge is 0.490 e. The number of fused-ring (bicyclic) bond motifs is 1. The summed E-state index contributed by atoms with van der Waals surface area (Å²) in [5.41, 5.74) is -2.39. The first-order valence-corrected chi connectivity index (χ1v) is 14.9. The van der Waals surface area contributed by atoms with E-state index in [0.29, 0.717) is 12.5 Å². The smallest absolute Gasteiger partial charge is 0.416 e. The van der Waals surface area contributed by atoms with Crippen LogP contribution in [0.4, 0.5) is 36.8 Å². The van der Waals surface area contributed by atoms with Gasteiger partial charge in [0.1, 0.15) is 5.82 Å². The highest BCUT2D eigenvalue weighted by Crippen LogP contribution is 2.43. The maximum atomic E-state index is 13.9. The third-order valence-corrected chi connectivity index (χ3v) is 7.62. The van der Waals surface area contributed by atoms with Crippen LogP contribution in [0.25, 0.3) is 0 Å². The predicted octanol–water partition coefficient (Wildman–Crippen LogP) is 7.19. The van der Waals surface area contributed by atoms with Gasteiger partial charge in [0.25, 0.3) is 0 Å². The second-order valence-corrected chi connectivity index (χ2v) is 10.9. The van der Waals surface area contributed by atoms with Crippen molar-refractivity contribution in [3.8, 4) is 11.8 Å². The van der Waals surface area contributed by atoms with Crippen LogP contribution in [0, 0.1) is 11.3 Å². The Morgan fingerprint density at radius 1 is 1.06 bits per heavy atom. The van der Waals surface area contributed by atoms with E-state index in [1.54, 1.807) is 19.9 Å². The molecule has 256 valence electrons. The van der Waals surface area contributed by atoms with E-state index in [2.05, 4.69) is 15.3 Å². The number of amides is 1. The minimum absolute atomic E-state index is 0.0128. The first-order valence-electron chi connectivity index (χ1n) is 14.9. The van der Waals surface area contributed by atoms with Gasteiger partial charge in [0, 0.05) is 18.5 Å². The van der Waals surface area contributed by atoms with Gasteiger partial charge in [0.05, 0.1) is 60.1 Å². The maximum absolute atomic E-state index is 13.9. The van der Waals surface area contributed by atoms with Gasteiger partial charge in [-0.2, -0.15) is 31.6 Å². The number of nitrogens with one attached hydrogen (secondary N) is 1. The minimum Gasteiger partial charge on any atom is -0.490 e. The molecule has 48 heavy (non-hydrogen) atoms. The number of carbonyl (C=O) groups is 2. The standard InChI is InChI=1S/C32H31F6N5O5/c1-3-22-14-25(24-13-20(31(33,34)35)7-8-26(24)43(22)30(46)47-4-2)42-28(19-10-18(15-39)11-21(12-19)32(36,37)38)29-40-16-23(17-41-29)48-9-5-6-27(44)45/h7-8,10-13,16-17,22,25,28,42H,3-6,9,14H2,1-2H3,(H,44,45)/t22-,25+,28?/m1/s1. The number of nitriles is 1. The highest BCUT2D eigenvalue weighted by Gasteiger charge is 2.40. The second kappa shape index (κ2) is 14.9. The third kappa shape index (κ3) is 8.51. The Bertz CT molecular complexity index is 1660. The van der Waals surface area contributed by atoms with Crippen molar-refractivity contribution >= 4 is 17.7 Å². The van der Waals surface area contributed by atoms with E-state index in [1.807, 2.05) is 0 Å². The number of nitrogens with zero attached hydrogens (tertiary/aromatic N) is 4. The zero-order valence-electron chi connectivity index (χ0n) is 25.7. The Kier molecular flexibility index (Phi) is 11.1. The summed E-state index contributed by atoms with van der Waals surface area (Å²) in [6, 6.07) is 4.41. The molecule has 16 heteroatoms. The number of aromatic nitrogens is 2. The summed E-state index contributed by atoms with van der Waals surface area (Å²) in [6.07, 6.45) is -7.47. The molecule has 2 heterocycles. The molecule has 1 amide bonds. The molecule has 2 aromatic carbocycles. The zero-order chi connectivity index (χ0) is 35.2. The molecule has 10 nitrogen and oxygen atoms in total. The molecule has 0 fully saturated rings. The van der Waals surface area contributed by atoms with Crippen molar-refractivity contribution in [1.29, 1.82) is 5.26 Å². The molecule has 0 aliphatic carbocycles. The van der Waals surface area contributed by atoms with E-state index >= 15 is 0 Å². The zero-order valence-corrected chi connectivity index (χ0v) is 25.7. The fourth-order valence-electron chi connectivity index (χ4n) is 5.41. The van der Waals surface area contributed by atoms with Crippen LogP contribution in [-0.2, 0) is 21.9 Å². The van der Waals surface area contributed by atoms with Gasteiger partial charge in [-0.15, -0.1) is 0 Å². The van der Waals surface area contributed by atoms with Crippen molar-refractivity contribution in [3.05, 3.63) is 82.4 Å². The lowest BCUT2D eigenvalue weighted by molar-refractivity contribution is -0.138.